The predicted octanol–water partition coefficient (Wildman–Crippen LogP) is 14.4. The first-order valence-electron chi connectivity index (χ1n) is 18.5. The molecule has 254 valence electrons. The van der Waals surface area contributed by atoms with Crippen molar-refractivity contribution in [1.82, 2.24) is 4.57 Å². The Balaban J connectivity index is 1.10. The largest absolute Gasteiger partial charge is 0.311 e. The molecule has 0 atom stereocenters. The first kappa shape index (κ1) is 31.6. The monoisotopic (exact) mass is 688 g/mol. The van der Waals surface area contributed by atoms with E-state index in [9.17, 15) is 0 Å². The van der Waals surface area contributed by atoms with E-state index in [2.05, 4.69) is 228 Å². The number of benzene rings is 9. The second kappa shape index (κ2) is 13.4. The summed E-state index contributed by atoms with van der Waals surface area (Å²) >= 11 is 0. The fourth-order valence-electron chi connectivity index (χ4n) is 8.04. The van der Waals surface area contributed by atoms with Crippen LogP contribution in [0.5, 0.6) is 0 Å². The van der Waals surface area contributed by atoms with Crippen LogP contribution < -0.4 is 4.90 Å². The molecule has 0 radical (unpaired) electrons. The van der Waals surface area contributed by atoms with Gasteiger partial charge in [-0.25, -0.2) is 0 Å². The lowest BCUT2D eigenvalue weighted by Gasteiger charge is -2.26. The van der Waals surface area contributed by atoms with Gasteiger partial charge in [-0.05, 0) is 93.2 Å². The lowest BCUT2D eigenvalue weighted by atomic mass is 9.98. The van der Waals surface area contributed by atoms with Crippen molar-refractivity contribution in [3.8, 4) is 39.1 Å². The van der Waals surface area contributed by atoms with Gasteiger partial charge in [-0.2, -0.15) is 0 Å². The van der Waals surface area contributed by atoms with Crippen LogP contribution in [0, 0.1) is 0 Å². The molecule has 0 aliphatic rings. The van der Waals surface area contributed by atoms with Gasteiger partial charge in [0.25, 0.3) is 0 Å². The molecule has 2 heteroatoms. The summed E-state index contributed by atoms with van der Waals surface area (Å²) < 4.78 is 2.43. The summed E-state index contributed by atoms with van der Waals surface area (Å²) in [5.74, 6) is 0. The molecule has 10 rings (SSSR count). The van der Waals surface area contributed by atoms with Crippen LogP contribution in [-0.4, -0.2) is 4.57 Å². The topological polar surface area (TPSA) is 8.17 Å². The molecule has 0 aliphatic heterocycles. The summed E-state index contributed by atoms with van der Waals surface area (Å²) in [7, 11) is 0. The highest BCUT2D eigenvalue weighted by molar-refractivity contribution is 6.13. The minimum atomic E-state index is 1.09. The van der Waals surface area contributed by atoms with Crippen molar-refractivity contribution < 1.29 is 0 Å². The van der Waals surface area contributed by atoms with Gasteiger partial charge in [0.15, 0.2) is 0 Å². The van der Waals surface area contributed by atoms with E-state index in [1.54, 1.807) is 0 Å². The first-order valence-corrected chi connectivity index (χ1v) is 18.5. The summed E-state index contributed by atoms with van der Waals surface area (Å²) in [6.07, 6.45) is 0. The predicted molar refractivity (Wildman–Crippen MR) is 229 cm³/mol. The molecule has 1 aromatic heterocycles. The summed E-state index contributed by atoms with van der Waals surface area (Å²) in [5, 5.41) is 5.01. The second-order valence-electron chi connectivity index (χ2n) is 13.8. The Morgan fingerprint density at radius 2 is 0.759 bits per heavy atom. The summed E-state index contributed by atoms with van der Waals surface area (Å²) in [5.41, 5.74) is 14.1. The molecule has 9 aromatic carbocycles. The maximum absolute atomic E-state index is 2.43. The van der Waals surface area contributed by atoms with E-state index in [1.165, 1.54) is 66.0 Å². The van der Waals surface area contributed by atoms with Gasteiger partial charge in [-0.3, -0.25) is 0 Å². The second-order valence-corrected chi connectivity index (χ2v) is 13.8. The number of aromatic nitrogens is 1. The Hall–Kier alpha value is -7.16. The number of hydrogen-bond donors (Lipinski definition) is 0. The van der Waals surface area contributed by atoms with Crippen LogP contribution in [0.1, 0.15) is 0 Å². The van der Waals surface area contributed by atoms with E-state index in [0.717, 1.165) is 22.7 Å². The molecular weight excluding hydrogens is 653 g/mol. The third-order valence-corrected chi connectivity index (χ3v) is 10.6. The van der Waals surface area contributed by atoms with Gasteiger partial charge in [-0.1, -0.05) is 164 Å². The van der Waals surface area contributed by atoms with Crippen LogP contribution in [0.3, 0.4) is 0 Å². The number of rotatable bonds is 7. The molecule has 0 amide bonds. The zero-order chi connectivity index (χ0) is 35.8. The molecule has 1 heterocycles. The molecule has 0 spiro atoms. The molecule has 54 heavy (non-hydrogen) atoms. The standard InChI is InChI=1S/C52H36N2/c1-3-13-37(14-4-1)38-25-29-42(30-26-38)53(43-31-27-41(28-32-43)47-21-11-18-39-17-7-8-19-46(39)47)44-33-35-45(36-34-44)54-51-24-10-9-20-49(51)50-23-12-22-48(52(50)54)40-15-5-2-6-16-40/h1-36H. The van der Waals surface area contributed by atoms with Gasteiger partial charge in [0, 0.05) is 39.1 Å². The van der Waals surface area contributed by atoms with Crippen LogP contribution in [0.4, 0.5) is 17.1 Å². The maximum atomic E-state index is 2.43. The molecule has 0 aliphatic carbocycles. The fourth-order valence-corrected chi connectivity index (χ4v) is 8.04. The highest BCUT2D eigenvalue weighted by Gasteiger charge is 2.18. The average molecular weight is 689 g/mol. The first-order chi connectivity index (χ1) is 26.8. The summed E-state index contributed by atoms with van der Waals surface area (Å²) in [6.45, 7) is 0. The van der Waals surface area contributed by atoms with E-state index in [-0.39, 0.29) is 0 Å². The van der Waals surface area contributed by atoms with Crippen LogP contribution in [-0.2, 0) is 0 Å². The molecule has 0 saturated carbocycles. The highest BCUT2D eigenvalue weighted by Crippen LogP contribution is 2.41. The van der Waals surface area contributed by atoms with Gasteiger partial charge in [0.05, 0.1) is 11.0 Å². The van der Waals surface area contributed by atoms with Gasteiger partial charge in [-0.15, -0.1) is 0 Å². The quantitative estimate of drug-likeness (QED) is 0.162. The Bertz CT molecular complexity index is 2880. The van der Waals surface area contributed by atoms with Crippen LogP contribution >= 0.6 is 0 Å². The zero-order valence-electron chi connectivity index (χ0n) is 29.7. The Kier molecular flexibility index (Phi) is 7.85. The smallest absolute Gasteiger partial charge is 0.0619 e. The number of hydrogen-bond acceptors (Lipinski definition) is 1. The van der Waals surface area contributed by atoms with Crippen molar-refractivity contribution in [3.05, 3.63) is 218 Å². The Morgan fingerprint density at radius 3 is 1.46 bits per heavy atom. The van der Waals surface area contributed by atoms with E-state index >= 15 is 0 Å². The SMILES string of the molecule is c1ccc(-c2ccc(N(c3ccc(-c4cccc5ccccc45)cc3)c3ccc(-n4c5ccccc5c5cccc(-c6ccccc6)c54)cc3)cc2)cc1. The van der Waals surface area contributed by atoms with Crippen LogP contribution in [0.25, 0.3) is 71.6 Å². The number of anilines is 3. The maximum Gasteiger partial charge on any atom is 0.0619 e. The van der Waals surface area contributed by atoms with Gasteiger partial charge in [0.2, 0.25) is 0 Å². The van der Waals surface area contributed by atoms with Crippen molar-refractivity contribution in [1.29, 1.82) is 0 Å². The lowest BCUT2D eigenvalue weighted by molar-refractivity contribution is 1.17. The van der Waals surface area contributed by atoms with Crippen LogP contribution in [0.15, 0.2) is 218 Å². The van der Waals surface area contributed by atoms with Crippen molar-refractivity contribution in [3.63, 3.8) is 0 Å². The molecule has 0 bridgehead atoms. The average Bonchev–Trinajstić information content (AvgIpc) is 3.60. The van der Waals surface area contributed by atoms with Crippen LogP contribution in [0.2, 0.25) is 0 Å². The third-order valence-electron chi connectivity index (χ3n) is 10.6. The fraction of sp³-hybridized carbons (Fsp3) is 0. The van der Waals surface area contributed by atoms with Crippen molar-refractivity contribution in [2.24, 2.45) is 0 Å². The summed E-state index contributed by atoms with van der Waals surface area (Å²) in [6, 6.07) is 78.8. The van der Waals surface area contributed by atoms with E-state index < -0.39 is 0 Å². The molecule has 0 unspecified atom stereocenters. The molecular formula is C52H36N2. The summed E-state index contributed by atoms with van der Waals surface area (Å²) in [4.78, 5) is 2.35. The Morgan fingerprint density at radius 1 is 0.296 bits per heavy atom. The van der Waals surface area contributed by atoms with E-state index in [0.29, 0.717) is 0 Å². The molecule has 10 aromatic rings. The number of para-hydroxylation sites is 2. The Labute approximate surface area is 315 Å². The zero-order valence-corrected chi connectivity index (χ0v) is 29.7. The van der Waals surface area contributed by atoms with Crippen molar-refractivity contribution >= 4 is 49.6 Å². The third kappa shape index (κ3) is 5.53. The van der Waals surface area contributed by atoms with Crippen molar-refractivity contribution in [2.45, 2.75) is 0 Å². The minimum absolute atomic E-state index is 1.09. The normalized spacial score (nSPS) is 11.3. The lowest BCUT2D eigenvalue weighted by Crippen LogP contribution is -2.10. The molecule has 2 nitrogen and oxygen atoms in total. The number of fused-ring (bicyclic) bond motifs is 4. The highest BCUT2D eigenvalue weighted by atomic mass is 15.1. The number of nitrogens with zero attached hydrogens (tertiary/aromatic N) is 2. The van der Waals surface area contributed by atoms with Crippen molar-refractivity contribution in [2.75, 3.05) is 4.90 Å². The van der Waals surface area contributed by atoms with E-state index in [1.807, 2.05) is 0 Å². The van der Waals surface area contributed by atoms with Gasteiger partial charge < -0.3 is 9.47 Å². The van der Waals surface area contributed by atoms with Gasteiger partial charge in [0.1, 0.15) is 0 Å². The van der Waals surface area contributed by atoms with E-state index in [4.69, 9.17) is 0 Å². The minimum Gasteiger partial charge on any atom is -0.311 e. The molecule has 0 N–H and O–H groups in total. The molecule has 0 saturated heterocycles. The van der Waals surface area contributed by atoms with Gasteiger partial charge >= 0.3 is 0 Å². The molecule has 0 fully saturated rings.